The predicted octanol–water partition coefficient (Wildman–Crippen LogP) is 2.14. The summed E-state index contributed by atoms with van der Waals surface area (Å²) in [5, 5.41) is 0. The minimum atomic E-state index is -0.116. The second kappa shape index (κ2) is 8.05. The van der Waals surface area contributed by atoms with Crippen LogP contribution in [-0.2, 0) is 14.3 Å². The largest absolute Gasteiger partial charge is 0.463 e. The van der Waals surface area contributed by atoms with Crippen molar-refractivity contribution in [3.05, 3.63) is 0 Å². The first-order valence-corrected chi connectivity index (χ1v) is 4.94. The predicted molar refractivity (Wildman–Crippen MR) is 51.6 cm³/mol. The summed E-state index contributed by atoms with van der Waals surface area (Å²) in [6.45, 7) is 6.84. The number of hydrogen-bond acceptors (Lipinski definition) is 3. The number of esters is 1. The van der Waals surface area contributed by atoms with Crippen molar-refractivity contribution < 1.29 is 14.3 Å². The molecule has 0 aromatic rings. The van der Waals surface area contributed by atoms with Crippen LogP contribution in [0.4, 0.5) is 0 Å². The summed E-state index contributed by atoms with van der Waals surface area (Å²) < 4.78 is 10.2. The number of hydrogen-bond donors (Lipinski definition) is 0. The molecule has 0 saturated carbocycles. The third-order valence-corrected chi connectivity index (χ3v) is 1.53. The van der Waals surface area contributed by atoms with E-state index in [2.05, 4.69) is 6.92 Å². The highest BCUT2D eigenvalue weighted by Gasteiger charge is 2.01. The zero-order valence-electron chi connectivity index (χ0n) is 8.84. The van der Waals surface area contributed by atoms with Crippen LogP contribution in [0.25, 0.3) is 0 Å². The number of unbranched alkanes of at least 4 members (excludes halogenated alkanes) is 1. The maximum Gasteiger partial charge on any atom is 0.305 e. The van der Waals surface area contributed by atoms with Gasteiger partial charge in [0.2, 0.25) is 0 Å². The van der Waals surface area contributed by atoms with Gasteiger partial charge in [-0.1, -0.05) is 13.3 Å². The molecule has 0 saturated heterocycles. The van der Waals surface area contributed by atoms with Crippen molar-refractivity contribution in [3.63, 3.8) is 0 Å². The van der Waals surface area contributed by atoms with Crippen LogP contribution in [-0.4, -0.2) is 25.3 Å². The second-order valence-electron chi connectivity index (χ2n) is 3.24. The van der Waals surface area contributed by atoms with Crippen LogP contribution in [0.15, 0.2) is 0 Å². The van der Waals surface area contributed by atoms with Crippen LogP contribution in [0.5, 0.6) is 0 Å². The van der Waals surface area contributed by atoms with Crippen LogP contribution in [0.2, 0.25) is 0 Å². The number of rotatable bonds is 7. The van der Waals surface area contributed by atoms with E-state index >= 15 is 0 Å². The van der Waals surface area contributed by atoms with Gasteiger partial charge >= 0.3 is 5.97 Å². The lowest BCUT2D eigenvalue weighted by atomic mass is 10.2. The van der Waals surface area contributed by atoms with Crippen LogP contribution in [0.3, 0.4) is 0 Å². The molecule has 0 amide bonds. The van der Waals surface area contributed by atoms with Gasteiger partial charge in [-0.25, -0.2) is 0 Å². The van der Waals surface area contributed by atoms with E-state index in [0.717, 1.165) is 12.8 Å². The molecule has 0 aliphatic heterocycles. The first-order chi connectivity index (χ1) is 6.16. The van der Waals surface area contributed by atoms with Crippen molar-refractivity contribution in [1.82, 2.24) is 0 Å². The summed E-state index contributed by atoms with van der Waals surface area (Å²) >= 11 is 0. The lowest BCUT2D eigenvalue weighted by Crippen LogP contribution is -2.13. The normalized spacial score (nSPS) is 10.5. The van der Waals surface area contributed by atoms with Gasteiger partial charge in [-0.05, 0) is 20.3 Å². The maximum atomic E-state index is 11.0. The Labute approximate surface area is 80.4 Å². The van der Waals surface area contributed by atoms with E-state index in [1.807, 2.05) is 13.8 Å². The van der Waals surface area contributed by atoms with Gasteiger partial charge in [0.05, 0.1) is 12.7 Å². The Bertz CT molecular complexity index is 132. The fourth-order valence-electron chi connectivity index (χ4n) is 0.833. The molecule has 0 fully saturated rings. The van der Waals surface area contributed by atoms with Gasteiger partial charge in [-0.2, -0.15) is 0 Å². The Kier molecular flexibility index (Phi) is 7.69. The summed E-state index contributed by atoms with van der Waals surface area (Å²) in [5.41, 5.74) is 0. The zero-order chi connectivity index (χ0) is 10.1. The van der Waals surface area contributed by atoms with E-state index in [1.54, 1.807) is 0 Å². The van der Waals surface area contributed by atoms with Gasteiger partial charge in [0.1, 0.15) is 6.61 Å². The number of ether oxygens (including phenoxy) is 2. The minimum absolute atomic E-state index is 0.116. The highest BCUT2D eigenvalue weighted by molar-refractivity contribution is 5.69. The molecule has 0 spiro atoms. The van der Waals surface area contributed by atoms with Crippen molar-refractivity contribution in [2.45, 2.75) is 46.1 Å². The molecule has 0 atom stereocenters. The van der Waals surface area contributed by atoms with Crippen LogP contribution in [0, 0.1) is 0 Å². The van der Waals surface area contributed by atoms with Gasteiger partial charge in [0, 0.05) is 6.42 Å². The Balaban J connectivity index is 3.17. The smallest absolute Gasteiger partial charge is 0.305 e. The molecule has 0 rings (SSSR count). The molecule has 0 bridgehead atoms. The summed E-state index contributed by atoms with van der Waals surface area (Å²) in [4.78, 5) is 11.0. The van der Waals surface area contributed by atoms with Gasteiger partial charge in [-0.15, -0.1) is 0 Å². The quantitative estimate of drug-likeness (QED) is 0.453. The molecule has 3 heteroatoms. The third-order valence-electron chi connectivity index (χ3n) is 1.53. The van der Waals surface area contributed by atoms with E-state index < -0.39 is 0 Å². The van der Waals surface area contributed by atoms with Crippen molar-refractivity contribution in [3.8, 4) is 0 Å². The molecular weight excluding hydrogens is 168 g/mol. The van der Waals surface area contributed by atoms with Gasteiger partial charge < -0.3 is 9.47 Å². The van der Waals surface area contributed by atoms with Crippen LogP contribution in [0.1, 0.15) is 40.0 Å². The molecule has 0 aromatic heterocycles. The average molecular weight is 188 g/mol. The molecule has 0 aromatic carbocycles. The third kappa shape index (κ3) is 9.34. The molecule has 0 aliphatic rings. The first kappa shape index (κ1) is 12.4. The molecule has 13 heavy (non-hydrogen) atoms. The van der Waals surface area contributed by atoms with Gasteiger partial charge in [0.15, 0.2) is 0 Å². The van der Waals surface area contributed by atoms with E-state index in [4.69, 9.17) is 9.47 Å². The van der Waals surface area contributed by atoms with E-state index in [0.29, 0.717) is 19.6 Å². The first-order valence-electron chi connectivity index (χ1n) is 4.94. The van der Waals surface area contributed by atoms with Crippen molar-refractivity contribution in [1.29, 1.82) is 0 Å². The molecule has 0 unspecified atom stereocenters. The Morgan fingerprint density at radius 1 is 1.31 bits per heavy atom. The lowest BCUT2D eigenvalue weighted by molar-refractivity contribution is -0.145. The minimum Gasteiger partial charge on any atom is -0.463 e. The van der Waals surface area contributed by atoms with Crippen molar-refractivity contribution >= 4 is 5.97 Å². The summed E-state index contributed by atoms with van der Waals surface area (Å²) in [5.74, 6) is -0.116. The summed E-state index contributed by atoms with van der Waals surface area (Å²) in [6, 6.07) is 0. The Hall–Kier alpha value is -0.570. The van der Waals surface area contributed by atoms with E-state index in [-0.39, 0.29) is 12.1 Å². The standard InChI is InChI=1S/C10H20O3/c1-4-5-6-10(11)13-8-7-12-9(2)3/h9H,4-8H2,1-3H3. The fourth-order valence-corrected chi connectivity index (χ4v) is 0.833. The van der Waals surface area contributed by atoms with Crippen molar-refractivity contribution in [2.24, 2.45) is 0 Å². The Morgan fingerprint density at radius 3 is 2.54 bits per heavy atom. The van der Waals surface area contributed by atoms with Gasteiger partial charge in [0.25, 0.3) is 0 Å². The average Bonchev–Trinajstić information content (AvgIpc) is 2.08. The molecule has 3 nitrogen and oxygen atoms in total. The van der Waals surface area contributed by atoms with E-state index in [1.165, 1.54) is 0 Å². The lowest BCUT2D eigenvalue weighted by Gasteiger charge is -2.07. The molecule has 0 aliphatic carbocycles. The SMILES string of the molecule is CCCCC(=O)OCCOC(C)C. The number of carbonyl (C=O) groups excluding carboxylic acids is 1. The molecule has 0 heterocycles. The molecule has 0 N–H and O–H groups in total. The van der Waals surface area contributed by atoms with Crippen molar-refractivity contribution in [2.75, 3.05) is 13.2 Å². The fraction of sp³-hybridized carbons (Fsp3) is 0.900. The number of carbonyl (C=O) groups is 1. The Morgan fingerprint density at radius 2 is 2.00 bits per heavy atom. The summed E-state index contributed by atoms with van der Waals surface area (Å²) in [6.07, 6.45) is 2.66. The maximum absolute atomic E-state index is 11.0. The molecule has 0 radical (unpaired) electrons. The highest BCUT2D eigenvalue weighted by Crippen LogP contribution is 1.96. The monoisotopic (exact) mass is 188 g/mol. The second-order valence-corrected chi connectivity index (χ2v) is 3.24. The molecular formula is C10H20O3. The molecule has 78 valence electrons. The van der Waals surface area contributed by atoms with E-state index in [9.17, 15) is 4.79 Å². The topological polar surface area (TPSA) is 35.5 Å². The zero-order valence-corrected chi connectivity index (χ0v) is 8.84. The van der Waals surface area contributed by atoms with Crippen LogP contribution >= 0.6 is 0 Å². The summed E-state index contributed by atoms with van der Waals surface area (Å²) in [7, 11) is 0. The highest BCUT2D eigenvalue weighted by atomic mass is 16.6. The van der Waals surface area contributed by atoms with Gasteiger partial charge in [-0.3, -0.25) is 4.79 Å². The van der Waals surface area contributed by atoms with Crippen LogP contribution < -0.4 is 0 Å².